The summed E-state index contributed by atoms with van der Waals surface area (Å²) in [5, 5.41) is 2.87. The number of amides is 1. The second kappa shape index (κ2) is 7.62. The molecule has 4 heteroatoms. The highest BCUT2D eigenvalue weighted by Gasteiger charge is 2.07. The van der Waals surface area contributed by atoms with Gasteiger partial charge in [-0.1, -0.05) is 25.1 Å². The van der Waals surface area contributed by atoms with Gasteiger partial charge in [0.1, 0.15) is 5.75 Å². The van der Waals surface area contributed by atoms with Crippen LogP contribution in [0.5, 0.6) is 5.75 Å². The van der Waals surface area contributed by atoms with Crippen molar-refractivity contribution in [1.29, 1.82) is 0 Å². The van der Waals surface area contributed by atoms with E-state index in [-0.39, 0.29) is 5.91 Å². The second-order valence-corrected chi connectivity index (χ2v) is 5.67. The molecule has 0 aliphatic rings. The van der Waals surface area contributed by atoms with Crippen molar-refractivity contribution >= 4 is 11.6 Å². The lowest BCUT2D eigenvalue weighted by Crippen LogP contribution is -2.11. The number of anilines is 1. The molecular weight excluding hydrogens is 312 g/mol. The minimum atomic E-state index is -0.147. The third-order valence-corrected chi connectivity index (χ3v) is 4.02. The highest BCUT2D eigenvalue weighted by Crippen LogP contribution is 2.19. The number of methoxy groups -OCH3 is 1. The van der Waals surface area contributed by atoms with E-state index in [1.165, 1.54) is 5.56 Å². The molecule has 0 bridgehead atoms. The van der Waals surface area contributed by atoms with Crippen LogP contribution in [0.3, 0.4) is 0 Å². The Balaban J connectivity index is 1.71. The van der Waals surface area contributed by atoms with Crippen LogP contribution >= 0.6 is 0 Å². The van der Waals surface area contributed by atoms with Crippen LogP contribution in [0.1, 0.15) is 22.8 Å². The quantitative estimate of drug-likeness (QED) is 0.744. The molecular formula is C21H20N2O2. The predicted molar refractivity (Wildman–Crippen MR) is 100.0 cm³/mol. The molecule has 0 atom stereocenters. The Labute approximate surface area is 147 Å². The molecule has 0 fully saturated rings. The number of nitrogens with one attached hydrogen (secondary N) is 1. The number of aromatic nitrogens is 1. The van der Waals surface area contributed by atoms with E-state index in [9.17, 15) is 4.79 Å². The Morgan fingerprint density at radius 2 is 1.72 bits per heavy atom. The van der Waals surface area contributed by atoms with Gasteiger partial charge in [-0.15, -0.1) is 0 Å². The summed E-state index contributed by atoms with van der Waals surface area (Å²) in [6, 6.07) is 18.8. The molecule has 3 aromatic rings. The van der Waals surface area contributed by atoms with Gasteiger partial charge < -0.3 is 10.1 Å². The Morgan fingerprint density at radius 3 is 2.28 bits per heavy atom. The fraction of sp³-hybridized carbons (Fsp3) is 0.143. The van der Waals surface area contributed by atoms with Crippen molar-refractivity contribution in [3.63, 3.8) is 0 Å². The van der Waals surface area contributed by atoms with Crippen LogP contribution in [0.15, 0.2) is 66.9 Å². The van der Waals surface area contributed by atoms with E-state index in [0.29, 0.717) is 5.56 Å². The van der Waals surface area contributed by atoms with Crippen molar-refractivity contribution in [2.75, 3.05) is 12.4 Å². The zero-order valence-electron chi connectivity index (χ0n) is 14.3. The maximum atomic E-state index is 12.3. The van der Waals surface area contributed by atoms with E-state index >= 15 is 0 Å². The molecule has 1 amide bonds. The largest absolute Gasteiger partial charge is 0.497 e. The van der Waals surface area contributed by atoms with Gasteiger partial charge in [0, 0.05) is 23.0 Å². The number of nitrogens with zero attached hydrogens (tertiary/aromatic N) is 1. The van der Waals surface area contributed by atoms with Crippen LogP contribution in [0.4, 0.5) is 5.69 Å². The van der Waals surface area contributed by atoms with Crippen LogP contribution in [0.2, 0.25) is 0 Å². The van der Waals surface area contributed by atoms with E-state index < -0.39 is 0 Å². The molecule has 1 N–H and O–H groups in total. The van der Waals surface area contributed by atoms with Gasteiger partial charge in [0.15, 0.2) is 0 Å². The van der Waals surface area contributed by atoms with Gasteiger partial charge in [0.05, 0.1) is 12.8 Å². The molecule has 0 aliphatic carbocycles. The zero-order chi connectivity index (χ0) is 17.6. The van der Waals surface area contributed by atoms with Crippen LogP contribution in [0, 0.1) is 0 Å². The molecule has 25 heavy (non-hydrogen) atoms. The summed E-state index contributed by atoms with van der Waals surface area (Å²) in [5.74, 6) is 0.606. The number of hydrogen-bond acceptors (Lipinski definition) is 3. The first-order valence-electron chi connectivity index (χ1n) is 8.20. The second-order valence-electron chi connectivity index (χ2n) is 5.67. The van der Waals surface area contributed by atoms with Gasteiger partial charge in [-0.2, -0.15) is 0 Å². The van der Waals surface area contributed by atoms with Gasteiger partial charge in [-0.05, 0) is 54.4 Å². The number of benzene rings is 2. The van der Waals surface area contributed by atoms with Crippen molar-refractivity contribution in [1.82, 2.24) is 4.98 Å². The number of carbonyl (C=O) groups excluding carboxylic acids is 1. The van der Waals surface area contributed by atoms with Crippen molar-refractivity contribution in [2.45, 2.75) is 13.3 Å². The van der Waals surface area contributed by atoms with Crippen LogP contribution in [0.25, 0.3) is 11.3 Å². The summed E-state index contributed by atoms with van der Waals surface area (Å²) in [5.41, 5.74) is 4.43. The van der Waals surface area contributed by atoms with Crippen LogP contribution < -0.4 is 10.1 Å². The van der Waals surface area contributed by atoms with E-state index in [0.717, 1.165) is 29.1 Å². The Kier molecular flexibility index (Phi) is 5.09. The van der Waals surface area contributed by atoms with E-state index in [4.69, 9.17) is 4.74 Å². The van der Waals surface area contributed by atoms with E-state index in [2.05, 4.69) is 23.3 Å². The third-order valence-electron chi connectivity index (χ3n) is 4.02. The summed E-state index contributed by atoms with van der Waals surface area (Å²) >= 11 is 0. The standard InChI is InChI=1S/C21H20N2O2/c1-3-15-4-13-20(22-14-15)16-5-7-17(8-6-16)21(24)23-18-9-11-19(25-2)12-10-18/h4-14H,3H2,1-2H3,(H,23,24). The first kappa shape index (κ1) is 16.7. The Bertz CT molecular complexity index is 839. The van der Waals surface area contributed by atoms with Crippen molar-refractivity contribution < 1.29 is 9.53 Å². The summed E-state index contributed by atoms with van der Waals surface area (Å²) in [6.07, 6.45) is 2.86. The number of pyridine rings is 1. The highest BCUT2D eigenvalue weighted by atomic mass is 16.5. The molecule has 0 saturated carbocycles. The molecule has 0 aliphatic heterocycles. The Hall–Kier alpha value is -3.14. The average molecular weight is 332 g/mol. The minimum absolute atomic E-state index is 0.147. The summed E-state index contributed by atoms with van der Waals surface area (Å²) < 4.78 is 5.11. The van der Waals surface area contributed by atoms with E-state index in [1.54, 1.807) is 7.11 Å². The average Bonchev–Trinajstić information content (AvgIpc) is 2.69. The molecule has 3 rings (SSSR count). The molecule has 2 aromatic carbocycles. The molecule has 1 heterocycles. The summed E-state index contributed by atoms with van der Waals surface area (Å²) in [4.78, 5) is 16.8. The molecule has 0 spiro atoms. The molecule has 126 valence electrons. The topological polar surface area (TPSA) is 51.2 Å². The maximum absolute atomic E-state index is 12.3. The van der Waals surface area contributed by atoms with Crippen LogP contribution in [-0.2, 0) is 6.42 Å². The van der Waals surface area contributed by atoms with Crippen molar-refractivity contribution in [3.05, 3.63) is 78.0 Å². The SMILES string of the molecule is CCc1ccc(-c2ccc(C(=O)Nc3ccc(OC)cc3)cc2)nc1. The monoisotopic (exact) mass is 332 g/mol. The number of ether oxygens (including phenoxy) is 1. The highest BCUT2D eigenvalue weighted by molar-refractivity contribution is 6.04. The lowest BCUT2D eigenvalue weighted by atomic mass is 10.1. The fourth-order valence-electron chi connectivity index (χ4n) is 2.47. The first-order valence-corrected chi connectivity index (χ1v) is 8.20. The van der Waals surface area contributed by atoms with Crippen molar-refractivity contribution in [3.8, 4) is 17.0 Å². The van der Waals surface area contributed by atoms with E-state index in [1.807, 2.05) is 60.8 Å². The first-order chi connectivity index (χ1) is 12.2. The van der Waals surface area contributed by atoms with Gasteiger partial charge in [0.25, 0.3) is 5.91 Å². The van der Waals surface area contributed by atoms with Gasteiger partial charge >= 0.3 is 0 Å². The lowest BCUT2D eigenvalue weighted by Gasteiger charge is -2.07. The lowest BCUT2D eigenvalue weighted by molar-refractivity contribution is 0.102. The number of hydrogen-bond donors (Lipinski definition) is 1. The maximum Gasteiger partial charge on any atom is 0.255 e. The normalized spacial score (nSPS) is 10.3. The van der Waals surface area contributed by atoms with Gasteiger partial charge in [-0.3, -0.25) is 9.78 Å². The summed E-state index contributed by atoms with van der Waals surface area (Å²) in [6.45, 7) is 2.10. The predicted octanol–water partition coefficient (Wildman–Crippen LogP) is 4.57. The number of carbonyl (C=O) groups is 1. The Morgan fingerprint density at radius 1 is 1.00 bits per heavy atom. The zero-order valence-corrected chi connectivity index (χ0v) is 14.3. The minimum Gasteiger partial charge on any atom is -0.497 e. The number of aryl methyl sites for hydroxylation is 1. The molecule has 1 aromatic heterocycles. The molecule has 0 saturated heterocycles. The molecule has 4 nitrogen and oxygen atoms in total. The van der Waals surface area contributed by atoms with Crippen LogP contribution in [-0.4, -0.2) is 18.0 Å². The van der Waals surface area contributed by atoms with Gasteiger partial charge in [-0.25, -0.2) is 0 Å². The summed E-state index contributed by atoms with van der Waals surface area (Å²) in [7, 11) is 1.61. The molecule has 0 radical (unpaired) electrons. The molecule has 0 unspecified atom stereocenters. The smallest absolute Gasteiger partial charge is 0.255 e. The van der Waals surface area contributed by atoms with Crippen molar-refractivity contribution in [2.24, 2.45) is 0 Å². The number of rotatable bonds is 5. The third kappa shape index (κ3) is 4.04. The fourth-order valence-corrected chi connectivity index (χ4v) is 2.47. The van der Waals surface area contributed by atoms with Gasteiger partial charge in [0.2, 0.25) is 0 Å².